The van der Waals surface area contributed by atoms with Gasteiger partial charge in [-0.05, 0) is 12.1 Å². The SMILES string of the molecule is O=C(Nc1cc(-c2ccccc2)nc2ncnn12)c1ccccc1. The van der Waals surface area contributed by atoms with Gasteiger partial charge in [0.2, 0.25) is 0 Å². The highest BCUT2D eigenvalue weighted by molar-refractivity contribution is 6.04. The van der Waals surface area contributed by atoms with Gasteiger partial charge in [-0.25, -0.2) is 4.98 Å². The van der Waals surface area contributed by atoms with E-state index in [9.17, 15) is 4.79 Å². The predicted molar refractivity (Wildman–Crippen MR) is 90.6 cm³/mol. The molecule has 0 aliphatic heterocycles. The average molecular weight is 315 g/mol. The van der Waals surface area contributed by atoms with E-state index >= 15 is 0 Å². The molecule has 6 nitrogen and oxygen atoms in total. The van der Waals surface area contributed by atoms with Gasteiger partial charge in [-0.2, -0.15) is 14.6 Å². The molecule has 0 aliphatic rings. The molecule has 0 fully saturated rings. The number of amides is 1. The molecule has 6 heteroatoms. The summed E-state index contributed by atoms with van der Waals surface area (Å²) in [6.07, 6.45) is 1.41. The summed E-state index contributed by atoms with van der Waals surface area (Å²) in [4.78, 5) is 21.1. The normalized spacial score (nSPS) is 10.7. The molecule has 0 aliphatic carbocycles. The summed E-state index contributed by atoms with van der Waals surface area (Å²) in [5.74, 6) is 0.738. The Morgan fingerprint density at radius 3 is 2.42 bits per heavy atom. The van der Waals surface area contributed by atoms with Crippen LogP contribution >= 0.6 is 0 Å². The van der Waals surface area contributed by atoms with E-state index < -0.39 is 0 Å². The van der Waals surface area contributed by atoms with Gasteiger partial charge < -0.3 is 5.32 Å². The summed E-state index contributed by atoms with van der Waals surface area (Å²) < 4.78 is 1.51. The van der Waals surface area contributed by atoms with Crippen LogP contribution in [0.25, 0.3) is 17.0 Å². The molecule has 1 N–H and O–H groups in total. The zero-order valence-corrected chi connectivity index (χ0v) is 12.6. The maximum atomic E-state index is 12.4. The third-order valence-corrected chi connectivity index (χ3v) is 3.60. The van der Waals surface area contributed by atoms with Gasteiger partial charge in [0, 0.05) is 17.2 Å². The summed E-state index contributed by atoms with van der Waals surface area (Å²) in [6.45, 7) is 0. The molecule has 0 atom stereocenters. The van der Waals surface area contributed by atoms with Gasteiger partial charge in [0.1, 0.15) is 12.1 Å². The van der Waals surface area contributed by atoms with E-state index in [2.05, 4.69) is 20.4 Å². The van der Waals surface area contributed by atoms with E-state index in [1.807, 2.05) is 48.5 Å². The van der Waals surface area contributed by atoms with Gasteiger partial charge in [0.25, 0.3) is 11.7 Å². The molecule has 1 amide bonds. The first-order valence-electron chi connectivity index (χ1n) is 7.44. The van der Waals surface area contributed by atoms with Crippen LogP contribution in [0, 0.1) is 0 Å². The fourth-order valence-electron chi connectivity index (χ4n) is 2.44. The maximum Gasteiger partial charge on any atom is 0.256 e. The Labute approximate surface area is 137 Å². The molecular weight excluding hydrogens is 302 g/mol. The monoisotopic (exact) mass is 315 g/mol. The summed E-state index contributed by atoms with van der Waals surface area (Å²) in [5.41, 5.74) is 2.24. The number of carbonyl (C=O) groups is 1. The first-order valence-corrected chi connectivity index (χ1v) is 7.44. The fraction of sp³-hybridized carbons (Fsp3) is 0. The standard InChI is InChI=1S/C18H13N5O/c24-17(14-9-5-2-6-10-14)22-16-11-15(13-7-3-1-4-8-13)21-18-19-12-20-23(16)18/h1-12H,(H,22,24). The summed E-state index contributed by atoms with van der Waals surface area (Å²) >= 11 is 0. The van der Waals surface area contributed by atoms with Crippen molar-refractivity contribution in [2.45, 2.75) is 0 Å². The van der Waals surface area contributed by atoms with Crippen molar-refractivity contribution in [2.24, 2.45) is 0 Å². The van der Waals surface area contributed by atoms with Gasteiger partial charge in [0.05, 0.1) is 5.69 Å². The quantitative estimate of drug-likeness (QED) is 0.631. The second-order valence-corrected chi connectivity index (χ2v) is 5.18. The van der Waals surface area contributed by atoms with Crippen LogP contribution in [0.15, 0.2) is 73.1 Å². The van der Waals surface area contributed by atoms with Gasteiger partial charge in [-0.3, -0.25) is 4.79 Å². The van der Waals surface area contributed by atoms with Crippen LogP contribution in [0.4, 0.5) is 5.82 Å². The lowest BCUT2D eigenvalue weighted by molar-refractivity contribution is 0.102. The number of hydrogen-bond donors (Lipinski definition) is 1. The van der Waals surface area contributed by atoms with Crippen molar-refractivity contribution in [3.05, 3.63) is 78.6 Å². The number of nitrogens with one attached hydrogen (secondary N) is 1. The van der Waals surface area contributed by atoms with Gasteiger partial charge in [-0.1, -0.05) is 48.5 Å². The van der Waals surface area contributed by atoms with Crippen LogP contribution in [-0.4, -0.2) is 25.5 Å². The van der Waals surface area contributed by atoms with Crippen molar-refractivity contribution < 1.29 is 4.79 Å². The molecule has 4 aromatic rings. The maximum absolute atomic E-state index is 12.4. The van der Waals surface area contributed by atoms with E-state index in [1.165, 1.54) is 10.8 Å². The van der Waals surface area contributed by atoms with Crippen LogP contribution in [0.3, 0.4) is 0 Å². The highest BCUT2D eigenvalue weighted by Crippen LogP contribution is 2.21. The Kier molecular flexibility index (Phi) is 3.47. The number of aromatic nitrogens is 4. The highest BCUT2D eigenvalue weighted by Gasteiger charge is 2.12. The summed E-state index contributed by atoms with van der Waals surface area (Å²) in [5, 5.41) is 7.01. The Bertz CT molecular complexity index is 996. The Balaban J connectivity index is 1.77. The minimum Gasteiger partial charge on any atom is -0.306 e. The van der Waals surface area contributed by atoms with Crippen molar-refractivity contribution in [2.75, 3.05) is 5.32 Å². The van der Waals surface area contributed by atoms with Crippen LogP contribution in [0.1, 0.15) is 10.4 Å². The van der Waals surface area contributed by atoms with E-state index in [4.69, 9.17) is 0 Å². The molecule has 0 radical (unpaired) electrons. The Hall–Kier alpha value is -3.54. The topological polar surface area (TPSA) is 72.2 Å². The number of fused-ring (bicyclic) bond motifs is 1. The largest absolute Gasteiger partial charge is 0.306 e. The number of carbonyl (C=O) groups excluding carboxylic acids is 1. The van der Waals surface area contributed by atoms with Crippen molar-refractivity contribution in [3.63, 3.8) is 0 Å². The van der Waals surface area contributed by atoms with Crippen molar-refractivity contribution in [1.29, 1.82) is 0 Å². The van der Waals surface area contributed by atoms with Gasteiger partial charge in [0.15, 0.2) is 0 Å². The summed E-state index contributed by atoms with van der Waals surface area (Å²) in [6, 6.07) is 20.5. The minimum atomic E-state index is -0.211. The van der Waals surface area contributed by atoms with Crippen LogP contribution in [-0.2, 0) is 0 Å². The molecule has 2 aromatic carbocycles. The van der Waals surface area contributed by atoms with Gasteiger partial charge >= 0.3 is 0 Å². The molecule has 2 heterocycles. The molecule has 0 bridgehead atoms. The first kappa shape index (κ1) is 14.1. The molecule has 116 valence electrons. The molecule has 2 aromatic heterocycles. The van der Waals surface area contributed by atoms with Crippen molar-refractivity contribution in [3.8, 4) is 11.3 Å². The van der Waals surface area contributed by atoms with Crippen LogP contribution in [0.5, 0.6) is 0 Å². The average Bonchev–Trinajstić information content (AvgIpc) is 3.12. The lowest BCUT2D eigenvalue weighted by Crippen LogP contribution is -2.15. The zero-order valence-electron chi connectivity index (χ0n) is 12.6. The predicted octanol–water partition coefficient (Wildman–Crippen LogP) is 3.04. The second kappa shape index (κ2) is 5.92. The number of anilines is 1. The smallest absolute Gasteiger partial charge is 0.256 e. The van der Waals surface area contributed by atoms with Crippen molar-refractivity contribution >= 4 is 17.5 Å². The number of rotatable bonds is 3. The first-order chi connectivity index (χ1) is 11.8. The molecule has 4 rings (SSSR count). The number of benzene rings is 2. The molecule has 0 unspecified atom stereocenters. The number of nitrogens with zero attached hydrogens (tertiary/aromatic N) is 4. The lowest BCUT2D eigenvalue weighted by Gasteiger charge is -2.09. The molecule has 0 spiro atoms. The van der Waals surface area contributed by atoms with E-state index in [1.54, 1.807) is 18.2 Å². The highest BCUT2D eigenvalue weighted by atomic mass is 16.1. The minimum absolute atomic E-state index is 0.211. The third-order valence-electron chi connectivity index (χ3n) is 3.60. The Morgan fingerprint density at radius 2 is 1.67 bits per heavy atom. The zero-order chi connectivity index (χ0) is 16.4. The van der Waals surface area contributed by atoms with Crippen LogP contribution in [0.2, 0.25) is 0 Å². The lowest BCUT2D eigenvalue weighted by atomic mass is 10.1. The van der Waals surface area contributed by atoms with E-state index in [0.29, 0.717) is 17.2 Å². The third kappa shape index (κ3) is 2.61. The molecule has 24 heavy (non-hydrogen) atoms. The Morgan fingerprint density at radius 1 is 0.958 bits per heavy atom. The fourth-order valence-corrected chi connectivity index (χ4v) is 2.44. The summed E-state index contributed by atoms with van der Waals surface area (Å²) in [7, 11) is 0. The van der Waals surface area contributed by atoms with Crippen molar-refractivity contribution in [1.82, 2.24) is 19.6 Å². The second-order valence-electron chi connectivity index (χ2n) is 5.18. The number of hydrogen-bond acceptors (Lipinski definition) is 4. The van der Waals surface area contributed by atoms with E-state index in [-0.39, 0.29) is 5.91 Å². The molecule has 0 saturated heterocycles. The molecule has 0 saturated carbocycles. The van der Waals surface area contributed by atoms with Gasteiger partial charge in [-0.15, -0.1) is 0 Å². The molecular formula is C18H13N5O. The van der Waals surface area contributed by atoms with Crippen LogP contribution < -0.4 is 5.32 Å². The van der Waals surface area contributed by atoms with E-state index in [0.717, 1.165) is 11.3 Å².